The first kappa shape index (κ1) is 20.5. The minimum atomic E-state index is -1.76. The second-order valence-corrected chi connectivity index (χ2v) is 7.93. The van der Waals surface area contributed by atoms with Crippen molar-refractivity contribution in [3.05, 3.63) is 107 Å². The summed E-state index contributed by atoms with van der Waals surface area (Å²) in [7, 11) is 0. The number of nitrogens with zero attached hydrogens (tertiary/aromatic N) is 1. The number of carbonyl (C=O) groups excluding carboxylic acids is 5. The van der Waals surface area contributed by atoms with Gasteiger partial charge >= 0.3 is 23.7 Å². The second kappa shape index (κ2) is 7.22. The molecule has 0 bridgehead atoms. The third-order valence-corrected chi connectivity index (χ3v) is 5.92. The molecule has 3 heterocycles. The second-order valence-electron chi connectivity index (χ2n) is 7.93. The van der Waals surface area contributed by atoms with Gasteiger partial charge in [0.15, 0.2) is 0 Å². The van der Waals surface area contributed by atoms with E-state index in [0.29, 0.717) is 11.3 Å². The maximum Gasteiger partial charge on any atom is 0.343 e. The molecule has 3 aliphatic rings. The minimum Gasteiger partial charge on any atom is -0.423 e. The molecule has 0 fully saturated rings. The molecule has 1 unspecified atom stereocenters. The van der Waals surface area contributed by atoms with E-state index in [0.717, 1.165) is 4.90 Å². The lowest BCUT2D eigenvalue weighted by Crippen LogP contribution is -2.29. The zero-order valence-corrected chi connectivity index (χ0v) is 17.7. The van der Waals surface area contributed by atoms with Crippen LogP contribution in [0.15, 0.2) is 78.9 Å². The number of anilines is 1. The number of esters is 3. The first-order valence-corrected chi connectivity index (χ1v) is 10.5. The Balaban J connectivity index is 1.29. The highest BCUT2D eigenvalue weighted by Gasteiger charge is 2.56. The summed E-state index contributed by atoms with van der Waals surface area (Å²) in [6.45, 7) is 0. The van der Waals surface area contributed by atoms with E-state index in [2.05, 4.69) is 0 Å². The molecule has 6 rings (SSSR count). The molecule has 3 aliphatic heterocycles. The Bertz CT molecular complexity index is 1500. The molecule has 0 aromatic heterocycles. The van der Waals surface area contributed by atoms with Gasteiger partial charge in [0.25, 0.3) is 11.8 Å². The molecule has 0 radical (unpaired) electrons. The molecule has 1 spiro atoms. The molecule has 9 nitrogen and oxygen atoms in total. The third kappa shape index (κ3) is 2.98. The summed E-state index contributed by atoms with van der Waals surface area (Å²) in [6, 6.07) is 16.6. The van der Waals surface area contributed by atoms with E-state index in [4.69, 9.17) is 14.2 Å². The molecule has 1 atom stereocenters. The third-order valence-electron chi connectivity index (χ3n) is 5.92. The van der Waals surface area contributed by atoms with Crippen LogP contribution in [-0.2, 0) is 24.8 Å². The fraction of sp³-hybridized carbons (Fsp3) is 0.0385. The van der Waals surface area contributed by atoms with Gasteiger partial charge in [-0.1, -0.05) is 12.1 Å². The highest BCUT2D eigenvalue weighted by molar-refractivity contribution is 6.28. The number of carbonyl (C=O) groups is 5. The van der Waals surface area contributed by atoms with E-state index < -0.39 is 35.5 Å². The number of ether oxygens (including phenoxy) is 3. The smallest absolute Gasteiger partial charge is 0.343 e. The van der Waals surface area contributed by atoms with Crippen LogP contribution < -0.4 is 9.64 Å². The Morgan fingerprint density at radius 3 is 2.06 bits per heavy atom. The maximum atomic E-state index is 12.9. The largest absolute Gasteiger partial charge is 0.423 e. The monoisotopic (exact) mass is 467 g/mol. The van der Waals surface area contributed by atoms with Crippen LogP contribution in [0.4, 0.5) is 5.69 Å². The van der Waals surface area contributed by atoms with Crippen LogP contribution in [-0.4, -0.2) is 29.7 Å². The van der Waals surface area contributed by atoms with Crippen molar-refractivity contribution in [2.75, 3.05) is 4.90 Å². The molecule has 0 N–H and O–H groups in total. The molecular weight excluding hydrogens is 454 g/mol. The predicted molar refractivity (Wildman–Crippen MR) is 118 cm³/mol. The normalized spacial score (nSPS) is 19.6. The standard InChI is InChI=1S/C26H13NO8/c28-21-11-12-22(29)27(21)15-6-8-16(9-7-15)33-23(30)14-5-10-18-20(13-14)26(35-25(18)32)19-4-2-1-3-17(19)24(31)34-26/h1-13H. The van der Waals surface area contributed by atoms with E-state index in [1.165, 1.54) is 54.6 Å². The van der Waals surface area contributed by atoms with E-state index in [-0.39, 0.29) is 28.0 Å². The fourth-order valence-electron chi connectivity index (χ4n) is 4.31. The fourth-order valence-corrected chi connectivity index (χ4v) is 4.31. The van der Waals surface area contributed by atoms with E-state index in [9.17, 15) is 24.0 Å². The van der Waals surface area contributed by atoms with Crippen molar-refractivity contribution >= 4 is 35.4 Å². The van der Waals surface area contributed by atoms with E-state index in [1.54, 1.807) is 24.3 Å². The van der Waals surface area contributed by atoms with Crippen LogP contribution in [0.3, 0.4) is 0 Å². The molecule has 3 aromatic rings. The Morgan fingerprint density at radius 1 is 0.743 bits per heavy atom. The lowest BCUT2D eigenvalue weighted by molar-refractivity contribution is -0.127. The van der Waals surface area contributed by atoms with Gasteiger partial charge in [0.1, 0.15) is 5.75 Å². The van der Waals surface area contributed by atoms with Gasteiger partial charge in [-0.05, 0) is 54.6 Å². The molecule has 0 aliphatic carbocycles. The Kier molecular flexibility index (Phi) is 4.24. The van der Waals surface area contributed by atoms with Gasteiger partial charge in [-0.15, -0.1) is 0 Å². The average Bonchev–Trinajstić information content (AvgIpc) is 3.45. The van der Waals surface area contributed by atoms with Crippen molar-refractivity contribution in [2.24, 2.45) is 0 Å². The summed E-state index contributed by atoms with van der Waals surface area (Å²) in [5, 5.41) is 0. The van der Waals surface area contributed by atoms with Gasteiger partial charge in [-0.2, -0.15) is 0 Å². The van der Waals surface area contributed by atoms with E-state index in [1.807, 2.05) is 0 Å². The summed E-state index contributed by atoms with van der Waals surface area (Å²) in [4.78, 5) is 62.4. The zero-order valence-electron chi connectivity index (χ0n) is 17.7. The van der Waals surface area contributed by atoms with Crippen LogP contribution in [0.1, 0.15) is 42.2 Å². The van der Waals surface area contributed by atoms with Crippen LogP contribution in [0.2, 0.25) is 0 Å². The number of benzene rings is 3. The first-order chi connectivity index (χ1) is 16.9. The molecule has 2 amide bonds. The summed E-state index contributed by atoms with van der Waals surface area (Å²) >= 11 is 0. The Morgan fingerprint density at radius 2 is 1.37 bits per heavy atom. The summed E-state index contributed by atoms with van der Waals surface area (Å²) in [5.41, 5.74) is 1.47. The number of amides is 2. The summed E-state index contributed by atoms with van der Waals surface area (Å²) in [5.74, 6) is -4.56. The van der Waals surface area contributed by atoms with Crippen LogP contribution in [0.5, 0.6) is 5.75 Å². The van der Waals surface area contributed by atoms with Gasteiger partial charge in [-0.25, -0.2) is 19.3 Å². The van der Waals surface area contributed by atoms with Crippen molar-refractivity contribution in [1.29, 1.82) is 0 Å². The Labute approximate surface area is 197 Å². The quantitative estimate of drug-likeness (QED) is 0.328. The molecule has 0 saturated carbocycles. The van der Waals surface area contributed by atoms with Gasteiger partial charge in [0, 0.05) is 12.2 Å². The number of rotatable bonds is 3. The van der Waals surface area contributed by atoms with Gasteiger partial charge < -0.3 is 14.2 Å². The molecule has 3 aromatic carbocycles. The molecular formula is C26H13NO8. The predicted octanol–water partition coefficient (Wildman–Crippen LogP) is 2.88. The number of hydrogen-bond donors (Lipinski definition) is 0. The van der Waals surface area contributed by atoms with Crippen LogP contribution >= 0.6 is 0 Å². The topological polar surface area (TPSA) is 116 Å². The SMILES string of the molecule is O=C(Oc1ccc(N2C(=O)C=CC2=O)cc1)c1ccc2c(c1)C1(OC(=O)c3ccccc31)OC2=O. The zero-order chi connectivity index (χ0) is 24.3. The van der Waals surface area contributed by atoms with E-state index >= 15 is 0 Å². The number of fused-ring (bicyclic) bond motifs is 4. The van der Waals surface area contributed by atoms with Gasteiger partial charge in [-0.3, -0.25) is 9.59 Å². The molecule has 9 heteroatoms. The minimum absolute atomic E-state index is 0.0973. The maximum absolute atomic E-state index is 12.9. The molecule has 170 valence electrons. The number of hydrogen-bond acceptors (Lipinski definition) is 8. The van der Waals surface area contributed by atoms with Gasteiger partial charge in [0.05, 0.1) is 33.5 Å². The summed E-state index contributed by atoms with van der Waals surface area (Å²) in [6.07, 6.45) is 2.34. The number of imide groups is 1. The highest BCUT2D eigenvalue weighted by atomic mass is 16.7. The van der Waals surface area contributed by atoms with Crippen molar-refractivity contribution in [3.8, 4) is 5.75 Å². The average molecular weight is 467 g/mol. The van der Waals surface area contributed by atoms with Crippen LogP contribution in [0, 0.1) is 0 Å². The first-order valence-electron chi connectivity index (χ1n) is 10.5. The highest BCUT2D eigenvalue weighted by Crippen LogP contribution is 2.48. The van der Waals surface area contributed by atoms with Crippen LogP contribution in [0.25, 0.3) is 0 Å². The summed E-state index contributed by atoms with van der Waals surface area (Å²) < 4.78 is 16.4. The lowest BCUT2D eigenvalue weighted by Gasteiger charge is -2.22. The van der Waals surface area contributed by atoms with Crippen molar-refractivity contribution < 1.29 is 38.2 Å². The Hall–Kier alpha value is -5.05. The molecule has 0 saturated heterocycles. The van der Waals surface area contributed by atoms with Crippen molar-refractivity contribution in [2.45, 2.75) is 5.79 Å². The van der Waals surface area contributed by atoms with Crippen molar-refractivity contribution in [3.63, 3.8) is 0 Å². The molecule has 35 heavy (non-hydrogen) atoms. The van der Waals surface area contributed by atoms with Crippen molar-refractivity contribution in [1.82, 2.24) is 0 Å². The lowest BCUT2D eigenvalue weighted by atomic mass is 9.93. The van der Waals surface area contributed by atoms with Gasteiger partial charge in [0.2, 0.25) is 0 Å².